The summed E-state index contributed by atoms with van der Waals surface area (Å²) in [6.07, 6.45) is 0.308. The van der Waals surface area contributed by atoms with E-state index in [0.29, 0.717) is 30.6 Å². The molecule has 2 rings (SSSR count). The first-order valence-electron chi connectivity index (χ1n) is 6.09. The Labute approximate surface area is 110 Å². The summed E-state index contributed by atoms with van der Waals surface area (Å²) in [5.74, 6) is -1.43. The molecule has 1 heterocycles. The highest BCUT2D eigenvalue weighted by molar-refractivity contribution is 5.98. The molecule has 0 saturated carbocycles. The molecule has 1 aliphatic rings. The molecule has 6 nitrogen and oxygen atoms in total. The Kier molecular flexibility index (Phi) is 4.01. The van der Waals surface area contributed by atoms with E-state index in [1.165, 1.54) is 0 Å². The quantitative estimate of drug-likeness (QED) is 0.731. The molecule has 19 heavy (non-hydrogen) atoms. The number of carboxylic acid groups (broad SMARTS) is 1. The average molecular weight is 264 g/mol. The number of carbonyl (C=O) groups is 2. The Hall–Kier alpha value is -2.08. The normalized spacial score (nSPS) is 22.1. The molecule has 2 unspecified atom stereocenters. The van der Waals surface area contributed by atoms with Crippen molar-refractivity contribution in [1.82, 2.24) is 0 Å². The van der Waals surface area contributed by atoms with Crippen LogP contribution in [0.1, 0.15) is 23.2 Å². The van der Waals surface area contributed by atoms with Crippen molar-refractivity contribution >= 4 is 17.6 Å². The standard InChI is InChI=1S/C13H16N2O4/c14-12(16)9-3-1-2-4-10(9)15-7-8-5-6-11(19-8)13(17)18/h1-4,8,11,15H,5-7H2,(H2,14,16)(H,17,18). The highest BCUT2D eigenvalue weighted by atomic mass is 16.5. The van der Waals surface area contributed by atoms with Gasteiger partial charge in [0.15, 0.2) is 6.10 Å². The van der Waals surface area contributed by atoms with E-state index < -0.39 is 18.0 Å². The molecule has 0 aliphatic carbocycles. The third-order valence-corrected chi connectivity index (χ3v) is 3.10. The third-order valence-electron chi connectivity index (χ3n) is 3.10. The molecule has 0 bridgehead atoms. The molecule has 1 fully saturated rings. The van der Waals surface area contributed by atoms with Crippen LogP contribution in [0.5, 0.6) is 0 Å². The number of nitrogens with two attached hydrogens (primary N) is 1. The molecule has 6 heteroatoms. The number of carboxylic acids is 1. The largest absolute Gasteiger partial charge is 0.479 e. The minimum atomic E-state index is -0.931. The number of primary amides is 1. The fourth-order valence-corrected chi connectivity index (χ4v) is 2.11. The molecule has 1 amide bonds. The summed E-state index contributed by atoms with van der Waals surface area (Å²) in [5.41, 5.74) is 6.32. The molecule has 2 atom stereocenters. The van der Waals surface area contributed by atoms with E-state index in [-0.39, 0.29) is 6.10 Å². The average Bonchev–Trinajstić information content (AvgIpc) is 2.85. The van der Waals surface area contributed by atoms with E-state index in [4.69, 9.17) is 15.6 Å². The zero-order valence-electron chi connectivity index (χ0n) is 10.3. The number of hydrogen-bond acceptors (Lipinski definition) is 4. The number of nitrogens with one attached hydrogen (secondary N) is 1. The van der Waals surface area contributed by atoms with E-state index in [9.17, 15) is 9.59 Å². The van der Waals surface area contributed by atoms with Gasteiger partial charge in [0.25, 0.3) is 5.91 Å². The lowest BCUT2D eigenvalue weighted by atomic mass is 10.1. The van der Waals surface area contributed by atoms with Gasteiger partial charge in [0.2, 0.25) is 0 Å². The molecule has 1 aromatic rings. The number of para-hydroxylation sites is 1. The number of ether oxygens (including phenoxy) is 1. The fraction of sp³-hybridized carbons (Fsp3) is 0.385. The minimum Gasteiger partial charge on any atom is -0.479 e. The van der Waals surface area contributed by atoms with E-state index in [1.807, 2.05) is 0 Å². The fourth-order valence-electron chi connectivity index (χ4n) is 2.11. The number of amides is 1. The first-order valence-corrected chi connectivity index (χ1v) is 6.09. The van der Waals surface area contributed by atoms with Crippen molar-refractivity contribution in [2.45, 2.75) is 25.0 Å². The zero-order chi connectivity index (χ0) is 13.8. The van der Waals surface area contributed by atoms with Gasteiger partial charge in [-0.2, -0.15) is 0 Å². The van der Waals surface area contributed by atoms with Crippen LogP contribution in [0.3, 0.4) is 0 Å². The predicted molar refractivity (Wildman–Crippen MR) is 69.0 cm³/mol. The summed E-state index contributed by atoms with van der Waals surface area (Å²) < 4.78 is 5.37. The van der Waals surface area contributed by atoms with Gasteiger partial charge in [-0.1, -0.05) is 12.1 Å². The molecule has 0 radical (unpaired) electrons. The van der Waals surface area contributed by atoms with Gasteiger partial charge in [-0.25, -0.2) is 4.79 Å². The van der Waals surface area contributed by atoms with Gasteiger partial charge in [0.1, 0.15) is 0 Å². The Balaban J connectivity index is 1.93. The van der Waals surface area contributed by atoms with Crippen molar-refractivity contribution in [3.05, 3.63) is 29.8 Å². The molecule has 0 aromatic heterocycles. The molecule has 102 valence electrons. The number of anilines is 1. The van der Waals surface area contributed by atoms with Crippen LogP contribution in [0, 0.1) is 0 Å². The Morgan fingerprint density at radius 1 is 1.37 bits per heavy atom. The second kappa shape index (κ2) is 5.71. The molecular formula is C13H16N2O4. The Morgan fingerprint density at radius 2 is 2.11 bits per heavy atom. The second-order valence-electron chi connectivity index (χ2n) is 4.45. The SMILES string of the molecule is NC(=O)c1ccccc1NCC1CCC(C(=O)O)O1. The lowest BCUT2D eigenvalue weighted by Gasteiger charge is -2.14. The van der Waals surface area contributed by atoms with Gasteiger partial charge in [0, 0.05) is 12.2 Å². The van der Waals surface area contributed by atoms with Crippen LogP contribution in [-0.2, 0) is 9.53 Å². The van der Waals surface area contributed by atoms with E-state index in [0.717, 1.165) is 0 Å². The third kappa shape index (κ3) is 3.23. The number of aliphatic carboxylic acids is 1. The van der Waals surface area contributed by atoms with Crippen molar-refractivity contribution in [1.29, 1.82) is 0 Å². The number of rotatable bonds is 5. The van der Waals surface area contributed by atoms with Gasteiger partial charge in [-0.3, -0.25) is 4.79 Å². The maximum atomic E-state index is 11.2. The lowest BCUT2D eigenvalue weighted by Crippen LogP contribution is -2.25. The number of benzene rings is 1. The summed E-state index contributed by atoms with van der Waals surface area (Å²) in [5, 5.41) is 11.9. The summed E-state index contributed by atoms with van der Waals surface area (Å²) in [7, 11) is 0. The van der Waals surface area contributed by atoms with Crippen molar-refractivity contribution in [3.8, 4) is 0 Å². The first kappa shape index (κ1) is 13.4. The molecular weight excluding hydrogens is 248 g/mol. The molecule has 1 aliphatic heterocycles. The predicted octanol–water partition coefficient (Wildman–Crippen LogP) is 0.830. The summed E-state index contributed by atoms with van der Waals surface area (Å²) in [6, 6.07) is 6.92. The van der Waals surface area contributed by atoms with E-state index >= 15 is 0 Å². The smallest absolute Gasteiger partial charge is 0.332 e. The highest BCUT2D eigenvalue weighted by Gasteiger charge is 2.30. The van der Waals surface area contributed by atoms with Gasteiger partial charge in [-0.15, -0.1) is 0 Å². The first-order chi connectivity index (χ1) is 9.08. The van der Waals surface area contributed by atoms with Gasteiger partial charge >= 0.3 is 5.97 Å². The molecule has 1 aromatic carbocycles. The number of hydrogen-bond donors (Lipinski definition) is 3. The minimum absolute atomic E-state index is 0.165. The van der Waals surface area contributed by atoms with Crippen LogP contribution in [0.2, 0.25) is 0 Å². The van der Waals surface area contributed by atoms with Crippen LogP contribution >= 0.6 is 0 Å². The molecule has 0 spiro atoms. The van der Waals surface area contributed by atoms with Crippen molar-refractivity contribution in [2.24, 2.45) is 5.73 Å². The number of carbonyl (C=O) groups excluding carboxylic acids is 1. The van der Waals surface area contributed by atoms with Crippen LogP contribution in [-0.4, -0.2) is 35.7 Å². The van der Waals surface area contributed by atoms with Gasteiger partial charge in [0.05, 0.1) is 11.7 Å². The monoisotopic (exact) mass is 264 g/mol. The molecule has 4 N–H and O–H groups in total. The van der Waals surface area contributed by atoms with Crippen molar-refractivity contribution in [2.75, 3.05) is 11.9 Å². The maximum Gasteiger partial charge on any atom is 0.332 e. The highest BCUT2D eigenvalue weighted by Crippen LogP contribution is 2.21. The van der Waals surface area contributed by atoms with Crippen LogP contribution in [0.15, 0.2) is 24.3 Å². The van der Waals surface area contributed by atoms with Crippen LogP contribution in [0.25, 0.3) is 0 Å². The van der Waals surface area contributed by atoms with Crippen molar-refractivity contribution < 1.29 is 19.4 Å². The van der Waals surface area contributed by atoms with Crippen LogP contribution in [0.4, 0.5) is 5.69 Å². The Morgan fingerprint density at radius 3 is 2.74 bits per heavy atom. The van der Waals surface area contributed by atoms with Gasteiger partial charge < -0.3 is 20.9 Å². The summed E-state index contributed by atoms with van der Waals surface area (Å²) in [4.78, 5) is 22.0. The van der Waals surface area contributed by atoms with Crippen molar-refractivity contribution in [3.63, 3.8) is 0 Å². The topological polar surface area (TPSA) is 102 Å². The molecule has 1 saturated heterocycles. The Bertz CT molecular complexity index is 489. The summed E-state index contributed by atoms with van der Waals surface area (Å²) in [6.45, 7) is 0.452. The van der Waals surface area contributed by atoms with Crippen LogP contribution < -0.4 is 11.1 Å². The lowest BCUT2D eigenvalue weighted by molar-refractivity contribution is -0.149. The second-order valence-corrected chi connectivity index (χ2v) is 4.45. The van der Waals surface area contributed by atoms with E-state index in [1.54, 1.807) is 24.3 Å². The maximum absolute atomic E-state index is 11.2. The zero-order valence-corrected chi connectivity index (χ0v) is 10.3. The van der Waals surface area contributed by atoms with Gasteiger partial charge in [-0.05, 0) is 25.0 Å². The summed E-state index contributed by atoms with van der Waals surface area (Å²) >= 11 is 0. The van der Waals surface area contributed by atoms with E-state index in [2.05, 4.69) is 5.32 Å².